The molecule has 0 atom stereocenters. The van der Waals surface area contributed by atoms with Crippen LogP contribution in [0.5, 0.6) is 0 Å². The number of rotatable bonds is 6. The van der Waals surface area contributed by atoms with E-state index in [1.54, 1.807) is 19.1 Å². The maximum atomic E-state index is 12.5. The van der Waals surface area contributed by atoms with Gasteiger partial charge in [0.2, 0.25) is 15.9 Å². The predicted molar refractivity (Wildman–Crippen MR) is 105 cm³/mol. The van der Waals surface area contributed by atoms with Gasteiger partial charge in [-0.05, 0) is 43.7 Å². The predicted octanol–water partition coefficient (Wildman–Crippen LogP) is 2.49. The molecule has 1 aromatic carbocycles. The molecule has 140 valence electrons. The number of primary amides is 1. The molecule has 2 amide bonds. The lowest BCUT2D eigenvalue weighted by molar-refractivity contribution is -0.116. The van der Waals surface area contributed by atoms with Crippen molar-refractivity contribution in [3.05, 3.63) is 44.7 Å². The van der Waals surface area contributed by atoms with Crippen LogP contribution in [-0.2, 0) is 14.8 Å². The summed E-state index contributed by atoms with van der Waals surface area (Å²) < 4.78 is 26.7. The van der Waals surface area contributed by atoms with Crippen molar-refractivity contribution in [1.82, 2.24) is 4.31 Å². The van der Waals surface area contributed by atoms with Crippen LogP contribution in [0.15, 0.2) is 33.6 Å². The Balaban J connectivity index is 2.16. The molecule has 0 aliphatic heterocycles. The third-order valence-corrected chi connectivity index (χ3v) is 7.24. The number of nitrogens with two attached hydrogens (primary N) is 1. The summed E-state index contributed by atoms with van der Waals surface area (Å²) in [5.41, 5.74) is 6.32. The number of halogens is 1. The number of likely N-dealkylation sites (N-methyl/N-ethyl adjacent to an activating group) is 1. The lowest BCUT2D eigenvalue weighted by atomic mass is 10.1. The highest BCUT2D eigenvalue weighted by atomic mass is 79.9. The fourth-order valence-corrected chi connectivity index (χ4v) is 4.73. The lowest BCUT2D eigenvalue weighted by Crippen LogP contribution is -2.35. The van der Waals surface area contributed by atoms with E-state index in [9.17, 15) is 18.0 Å². The van der Waals surface area contributed by atoms with Gasteiger partial charge in [-0.1, -0.05) is 15.9 Å². The molecule has 1 heterocycles. The van der Waals surface area contributed by atoms with E-state index < -0.39 is 28.4 Å². The highest BCUT2D eigenvalue weighted by Crippen LogP contribution is 2.32. The molecule has 26 heavy (non-hydrogen) atoms. The maximum absolute atomic E-state index is 12.5. The summed E-state index contributed by atoms with van der Waals surface area (Å²) in [4.78, 5) is 24.8. The first-order valence-corrected chi connectivity index (χ1v) is 10.5. The molecule has 0 saturated heterocycles. The van der Waals surface area contributed by atoms with Gasteiger partial charge < -0.3 is 11.1 Å². The van der Waals surface area contributed by atoms with Gasteiger partial charge in [-0.25, -0.2) is 8.42 Å². The number of carbonyl (C=O) groups is 2. The largest absolute Gasteiger partial charge is 0.365 e. The van der Waals surface area contributed by atoms with Gasteiger partial charge in [0.1, 0.15) is 5.00 Å². The summed E-state index contributed by atoms with van der Waals surface area (Å²) >= 11 is 4.47. The fourth-order valence-electron chi connectivity index (χ4n) is 2.25. The van der Waals surface area contributed by atoms with Gasteiger partial charge >= 0.3 is 0 Å². The molecular weight excluding hydrogens is 442 g/mol. The molecule has 1 aromatic heterocycles. The van der Waals surface area contributed by atoms with Crippen LogP contribution in [0.25, 0.3) is 0 Å². The SMILES string of the molecule is Cc1sc(NC(=O)CN(C)S(=O)(=O)c2ccc(Br)cc2)c(C(N)=O)c1C. The number of benzene rings is 1. The third-order valence-electron chi connectivity index (χ3n) is 3.77. The Morgan fingerprint density at radius 3 is 2.35 bits per heavy atom. The van der Waals surface area contributed by atoms with Crippen LogP contribution in [0.4, 0.5) is 5.00 Å². The van der Waals surface area contributed by atoms with Gasteiger partial charge in [-0.3, -0.25) is 9.59 Å². The zero-order chi connectivity index (χ0) is 19.6. The Morgan fingerprint density at radius 2 is 1.81 bits per heavy atom. The molecule has 2 aromatic rings. The molecule has 0 aliphatic rings. The molecule has 0 unspecified atom stereocenters. The van der Waals surface area contributed by atoms with Crippen molar-refractivity contribution >= 4 is 54.1 Å². The maximum Gasteiger partial charge on any atom is 0.251 e. The molecular formula is C16H18BrN3O4S2. The standard InChI is InChI=1S/C16H18BrN3O4S2/c1-9-10(2)25-16(14(9)15(18)22)19-13(21)8-20(3)26(23,24)12-6-4-11(17)5-7-12/h4-7H,8H2,1-3H3,(H2,18,22)(H,19,21). The Hall–Kier alpha value is -1.75. The first kappa shape index (κ1) is 20.6. The van der Waals surface area contributed by atoms with E-state index in [4.69, 9.17) is 5.73 Å². The van der Waals surface area contributed by atoms with E-state index in [0.29, 0.717) is 10.6 Å². The number of thiophene rings is 1. The zero-order valence-electron chi connectivity index (χ0n) is 14.4. The summed E-state index contributed by atoms with van der Waals surface area (Å²) in [6.45, 7) is 3.16. The van der Waals surface area contributed by atoms with Crippen molar-refractivity contribution in [3.8, 4) is 0 Å². The van der Waals surface area contributed by atoms with Crippen LogP contribution in [0.2, 0.25) is 0 Å². The van der Waals surface area contributed by atoms with Gasteiger partial charge in [-0.15, -0.1) is 11.3 Å². The van der Waals surface area contributed by atoms with Crippen molar-refractivity contribution in [1.29, 1.82) is 0 Å². The zero-order valence-corrected chi connectivity index (χ0v) is 17.6. The van der Waals surface area contributed by atoms with Crippen molar-refractivity contribution in [2.45, 2.75) is 18.7 Å². The minimum Gasteiger partial charge on any atom is -0.365 e. The Bertz CT molecular complexity index is 953. The summed E-state index contributed by atoms with van der Waals surface area (Å²) in [7, 11) is -2.49. The Labute approximate surface area is 164 Å². The van der Waals surface area contributed by atoms with Gasteiger partial charge in [0.25, 0.3) is 5.91 Å². The molecule has 2 rings (SSSR count). The number of nitrogens with one attached hydrogen (secondary N) is 1. The monoisotopic (exact) mass is 459 g/mol. The molecule has 0 bridgehead atoms. The second-order valence-corrected chi connectivity index (χ2v) is 9.80. The Morgan fingerprint density at radius 1 is 1.23 bits per heavy atom. The molecule has 0 saturated carbocycles. The van der Waals surface area contributed by atoms with E-state index in [0.717, 1.165) is 13.7 Å². The van der Waals surface area contributed by atoms with Crippen LogP contribution in [0.1, 0.15) is 20.8 Å². The number of hydrogen-bond acceptors (Lipinski definition) is 5. The van der Waals surface area contributed by atoms with Crippen LogP contribution in [0.3, 0.4) is 0 Å². The van der Waals surface area contributed by atoms with Crippen LogP contribution in [-0.4, -0.2) is 38.1 Å². The summed E-state index contributed by atoms with van der Waals surface area (Å²) in [5.74, 6) is -1.20. The number of carbonyl (C=O) groups excluding carboxylic acids is 2. The summed E-state index contributed by atoms with van der Waals surface area (Å²) in [5, 5.41) is 2.91. The third kappa shape index (κ3) is 4.32. The van der Waals surface area contributed by atoms with Gasteiger partial charge in [0.05, 0.1) is 17.0 Å². The number of nitrogens with zero attached hydrogens (tertiary/aromatic N) is 1. The molecule has 10 heteroatoms. The van der Waals surface area contributed by atoms with Crippen LogP contribution >= 0.6 is 27.3 Å². The first-order valence-electron chi connectivity index (χ1n) is 7.45. The van der Waals surface area contributed by atoms with Crippen LogP contribution in [0, 0.1) is 13.8 Å². The molecule has 0 spiro atoms. The van der Waals surface area contributed by atoms with Crippen molar-refractivity contribution in [3.63, 3.8) is 0 Å². The van der Waals surface area contributed by atoms with E-state index in [1.807, 2.05) is 6.92 Å². The number of anilines is 1. The minimum absolute atomic E-state index is 0.0802. The lowest BCUT2D eigenvalue weighted by Gasteiger charge is -2.17. The molecule has 3 N–H and O–H groups in total. The molecule has 0 aliphatic carbocycles. The number of aryl methyl sites for hydroxylation is 1. The minimum atomic E-state index is -3.81. The van der Waals surface area contributed by atoms with Crippen molar-refractivity contribution in [2.24, 2.45) is 5.73 Å². The van der Waals surface area contributed by atoms with Gasteiger partial charge in [0.15, 0.2) is 0 Å². The number of sulfonamides is 1. The second-order valence-electron chi connectivity index (χ2n) is 5.61. The summed E-state index contributed by atoms with van der Waals surface area (Å²) in [6, 6.07) is 6.12. The molecule has 7 nitrogen and oxygen atoms in total. The Kier molecular flexibility index (Phi) is 6.22. The molecule has 0 fully saturated rings. The first-order chi connectivity index (χ1) is 12.0. The normalized spacial score (nSPS) is 11.6. The van der Waals surface area contributed by atoms with E-state index in [2.05, 4.69) is 21.2 Å². The second kappa shape index (κ2) is 7.87. The highest BCUT2D eigenvalue weighted by Gasteiger charge is 2.24. The molecule has 0 radical (unpaired) electrons. The number of amides is 2. The topological polar surface area (TPSA) is 110 Å². The smallest absolute Gasteiger partial charge is 0.251 e. The average molecular weight is 460 g/mol. The van der Waals surface area contributed by atoms with Gasteiger partial charge in [-0.2, -0.15) is 4.31 Å². The average Bonchev–Trinajstić information content (AvgIpc) is 2.81. The number of hydrogen-bond donors (Lipinski definition) is 2. The van der Waals surface area contributed by atoms with E-state index in [1.165, 1.54) is 30.5 Å². The van der Waals surface area contributed by atoms with E-state index >= 15 is 0 Å². The van der Waals surface area contributed by atoms with Gasteiger partial charge in [0, 0.05) is 16.4 Å². The fraction of sp³-hybridized carbons (Fsp3) is 0.250. The van der Waals surface area contributed by atoms with E-state index in [-0.39, 0.29) is 10.5 Å². The summed E-state index contributed by atoms with van der Waals surface area (Å²) in [6.07, 6.45) is 0. The van der Waals surface area contributed by atoms with Crippen molar-refractivity contribution < 1.29 is 18.0 Å². The quantitative estimate of drug-likeness (QED) is 0.690. The highest BCUT2D eigenvalue weighted by molar-refractivity contribution is 9.10. The van der Waals surface area contributed by atoms with Crippen LogP contribution < -0.4 is 11.1 Å². The van der Waals surface area contributed by atoms with Crippen molar-refractivity contribution in [2.75, 3.05) is 18.9 Å².